The molecule has 2 aromatic carbocycles. The van der Waals surface area contributed by atoms with Gasteiger partial charge in [0.15, 0.2) is 0 Å². The average molecular weight is 422 g/mol. The Labute approximate surface area is 128 Å². The predicted octanol–water partition coefficient (Wildman–Crippen LogP) is 0.410. The van der Waals surface area contributed by atoms with Crippen LogP contribution in [0.25, 0.3) is 0 Å². The molecule has 2 rings (SSSR count). The van der Waals surface area contributed by atoms with Crippen molar-refractivity contribution in [2.75, 3.05) is 14.2 Å². The van der Waals surface area contributed by atoms with Crippen LogP contribution in [0.3, 0.4) is 0 Å². The van der Waals surface area contributed by atoms with Crippen LogP contribution in [0.4, 0.5) is 0 Å². The van der Waals surface area contributed by atoms with Crippen LogP contribution in [-0.2, 0) is 0 Å². The zero-order chi connectivity index (χ0) is 12.1. The molecule has 0 saturated carbocycles. The molecule has 0 spiro atoms. The Hall–Kier alpha value is -0.750. The van der Waals surface area contributed by atoms with Crippen LogP contribution < -0.4 is 30.7 Å². The molecule has 0 aliphatic rings. The molecular weight excluding hydrogens is 407 g/mol. The van der Waals surface area contributed by atoms with Crippen molar-refractivity contribution in [1.82, 2.24) is 0 Å². The Kier molecular flexibility index (Phi) is 6.49. The Bertz CT molecular complexity index is 423. The molecule has 0 fully saturated rings. The van der Waals surface area contributed by atoms with Crippen molar-refractivity contribution in [3.8, 4) is 11.5 Å². The molecule has 2 aromatic rings. The normalized spacial score (nSPS) is 9.67. The van der Waals surface area contributed by atoms with Gasteiger partial charge in [-0.3, -0.25) is 0 Å². The Morgan fingerprint density at radius 2 is 1.00 bits per heavy atom. The summed E-state index contributed by atoms with van der Waals surface area (Å²) in [6.45, 7) is 0. The first-order valence-electron chi connectivity index (χ1n) is 5.25. The zero-order valence-corrected chi connectivity index (χ0v) is 14.1. The van der Waals surface area contributed by atoms with Crippen molar-refractivity contribution < 1.29 is 30.7 Å². The standard InChI is InChI=1S/C14H14IO2.BrH/c1-16-13-7-3-11(4-8-13)15-12-5-9-14(17-2)10-6-12;/h3-10H,1-2H3;1H/q-1;. The van der Waals surface area contributed by atoms with Gasteiger partial charge < -0.3 is 0 Å². The van der Waals surface area contributed by atoms with Gasteiger partial charge in [-0.25, -0.2) is 0 Å². The first-order valence-corrected chi connectivity index (χ1v) is 7.40. The second kappa shape index (κ2) is 7.63. The molecule has 0 aromatic heterocycles. The molecule has 18 heavy (non-hydrogen) atoms. The molecule has 98 valence electrons. The molecule has 0 amide bonds. The van der Waals surface area contributed by atoms with Crippen molar-refractivity contribution in [2.24, 2.45) is 0 Å². The third-order valence-electron chi connectivity index (χ3n) is 2.32. The number of rotatable bonds is 4. The average Bonchev–Trinajstić information content (AvgIpc) is 2.40. The van der Waals surface area contributed by atoms with Crippen LogP contribution in [0.2, 0.25) is 0 Å². The van der Waals surface area contributed by atoms with E-state index in [9.17, 15) is 0 Å². The summed E-state index contributed by atoms with van der Waals surface area (Å²) in [7, 11) is 3.38. The van der Waals surface area contributed by atoms with E-state index in [4.69, 9.17) is 9.47 Å². The van der Waals surface area contributed by atoms with Crippen molar-refractivity contribution in [1.29, 1.82) is 0 Å². The summed E-state index contributed by atoms with van der Waals surface area (Å²) in [4.78, 5) is 0. The van der Waals surface area contributed by atoms with Gasteiger partial charge in [-0.1, -0.05) is 0 Å². The molecular formula is C14H15BrIO2-. The van der Waals surface area contributed by atoms with Crippen molar-refractivity contribution in [2.45, 2.75) is 0 Å². The second-order valence-electron chi connectivity index (χ2n) is 3.41. The van der Waals surface area contributed by atoms with Crippen LogP contribution in [0.1, 0.15) is 0 Å². The summed E-state index contributed by atoms with van der Waals surface area (Å²) in [5.74, 6) is 1.82. The van der Waals surface area contributed by atoms with E-state index in [1.807, 2.05) is 24.3 Å². The van der Waals surface area contributed by atoms with E-state index in [0.717, 1.165) is 11.5 Å². The third kappa shape index (κ3) is 4.17. The van der Waals surface area contributed by atoms with E-state index in [-0.39, 0.29) is 38.2 Å². The van der Waals surface area contributed by atoms with Crippen LogP contribution in [0.5, 0.6) is 11.5 Å². The van der Waals surface area contributed by atoms with Gasteiger partial charge >= 0.3 is 112 Å². The number of methoxy groups -OCH3 is 2. The summed E-state index contributed by atoms with van der Waals surface area (Å²) < 4.78 is 13.1. The van der Waals surface area contributed by atoms with E-state index in [0.29, 0.717) is 0 Å². The number of halogens is 2. The van der Waals surface area contributed by atoms with E-state index in [1.54, 1.807) is 14.2 Å². The Balaban J connectivity index is 0.00000162. The Morgan fingerprint density at radius 1 is 0.667 bits per heavy atom. The molecule has 0 heterocycles. The molecule has 0 bridgehead atoms. The molecule has 0 saturated heterocycles. The molecule has 2 nitrogen and oxygen atoms in total. The van der Waals surface area contributed by atoms with E-state index < -0.39 is 0 Å². The maximum atomic E-state index is 5.15. The fourth-order valence-corrected chi connectivity index (χ4v) is 3.55. The molecule has 0 aliphatic heterocycles. The second-order valence-corrected chi connectivity index (χ2v) is 6.44. The quantitative estimate of drug-likeness (QED) is 0.666. The summed E-state index contributed by atoms with van der Waals surface area (Å²) in [6, 6.07) is 16.6. The van der Waals surface area contributed by atoms with Gasteiger partial charge in [0.25, 0.3) is 0 Å². The van der Waals surface area contributed by atoms with Crippen LogP contribution in [0, 0.1) is 7.14 Å². The minimum atomic E-state index is -0.119. The van der Waals surface area contributed by atoms with Crippen LogP contribution in [0.15, 0.2) is 48.5 Å². The predicted molar refractivity (Wildman–Crippen MR) is 73.7 cm³/mol. The first kappa shape index (κ1) is 15.3. The SMILES string of the molecule is Br.COc1ccc([I-]c2ccc(OC)cc2)cc1. The molecule has 0 radical (unpaired) electrons. The number of benzene rings is 2. The van der Waals surface area contributed by atoms with Gasteiger partial charge in [0.1, 0.15) is 0 Å². The van der Waals surface area contributed by atoms with Crippen molar-refractivity contribution in [3.63, 3.8) is 0 Å². The molecule has 0 N–H and O–H groups in total. The van der Waals surface area contributed by atoms with Gasteiger partial charge in [0.2, 0.25) is 0 Å². The summed E-state index contributed by atoms with van der Waals surface area (Å²) in [6.07, 6.45) is 0. The van der Waals surface area contributed by atoms with Gasteiger partial charge in [-0.15, -0.1) is 17.0 Å². The number of ether oxygens (including phenoxy) is 2. The summed E-state index contributed by atoms with van der Waals surface area (Å²) >= 11 is -0.119. The van der Waals surface area contributed by atoms with Gasteiger partial charge in [0, 0.05) is 0 Å². The van der Waals surface area contributed by atoms with Crippen molar-refractivity contribution >= 4 is 17.0 Å². The topological polar surface area (TPSA) is 18.5 Å². The number of hydrogen-bond donors (Lipinski definition) is 0. The molecule has 0 atom stereocenters. The zero-order valence-electron chi connectivity index (χ0n) is 10.2. The fourth-order valence-electron chi connectivity index (χ4n) is 1.39. The number of hydrogen-bond acceptors (Lipinski definition) is 2. The molecule has 0 unspecified atom stereocenters. The minimum absolute atomic E-state index is 0. The molecule has 0 aliphatic carbocycles. The maximum absolute atomic E-state index is 5.15. The van der Waals surface area contributed by atoms with Gasteiger partial charge in [-0.2, -0.15) is 0 Å². The van der Waals surface area contributed by atoms with E-state index >= 15 is 0 Å². The van der Waals surface area contributed by atoms with Crippen LogP contribution >= 0.6 is 17.0 Å². The Morgan fingerprint density at radius 3 is 1.28 bits per heavy atom. The third-order valence-corrected chi connectivity index (χ3v) is 5.00. The summed E-state index contributed by atoms with van der Waals surface area (Å²) in [5, 5.41) is 0. The van der Waals surface area contributed by atoms with Gasteiger partial charge in [0.05, 0.1) is 0 Å². The van der Waals surface area contributed by atoms with E-state index in [2.05, 4.69) is 24.3 Å². The van der Waals surface area contributed by atoms with Crippen LogP contribution in [-0.4, -0.2) is 14.2 Å². The van der Waals surface area contributed by atoms with E-state index in [1.165, 1.54) is 7.14 Å². The van der Waals surface area contributed by atoms with Gasteiger partial charge in [-0.05, 0) is 0 Å². The monoisotopic (exact) mass is 421 g/mol. The summed E-state index contributed by atoms with van der Waals surface area (Å²) in [5.41, 5.74) is 0. The molecule has 4 heteroatoms. The fraction of sp³-hybridized carbons (Fsp3) is 0.143. The first-order chi connectivity index (χ1) is 8.31. The van der Waals surface area contributed by atoms with Crippen molar-refractivity contribution in [3.05, 3.63) is 55.7 Å².